The third-order valence-electron chi connectivity index (χ3n) is 5.75. The van der Waals surface area contributed by atoms with Crippen LogP contribution in [0.1, 0.15) is 48.8 Å². The number of hydrogen-bond donors (Lipinski definition) is 2. The van der Waals surface area contributed by atoms with Crippen LogP contribution in [0.25, 0.3) is 10.9 Å². The van der Waals surface area contributed by atoms with E-state index in [1.165, 1.54) is 0 Å². The highest BCUT2D eigenvalue weighted by Crippen LogP contribution is 2.39. The molecule has 1 aromatic heterocycles. The average Bonchev–Trinajstić information content (AvgIpc) is 2.69. The molecule has 0 aliphatic heterocycles. The molecule has 1 aromatic carbocycles. The summed E-state index contributed by atoms with van der Waals surface area (Å²) in [5, 5.41) is 6.37. The zero-order chi connectivity index (χ0) is 21.0. The molecule has 2 amide bonds. The number of pyridine rings is 1. The number of methoxy groups -OCH3 is 1. The highest BCUT2D eigenvalue weighted by atomic mass is 16.5. The number of aromatic nitrogens is 1. The van der Waals surface area contributed by atoms with Gasteiger partial charge in [-0.3, -0.25) is 14.6 Å². The number of nitrogens with zero attached hydrogens (tertiary/aromatic N) is 1. The average molecular weight is 398 g/mol. The van der Waals surface area contributed by atoms with Gasteiger partial charge in [0.15, 0.2) is 0 Å². The van der Waals surface area contributed by atoms with Crippen molar-refractivity contribution < 1.29 is 14.3 Å². The monoisotopic (exact) mass is 397 g/mol. The van der Waals surface area contributed by atoms with Gasteiger partial charge in [0, 0.05) is 24.7 Å². The van der Waals surface area contributed by atoms with Crippen molar-refractivity contribution >= 4 is 22.7 Å². The SMILES string of the molecule is COCCNC(=O)CNC(=O)c1c2c(nc3ccccc13)CCC(C(C)(C)C)C2. The molecule has 1 atom stereocenters. The predicted octanol–water partition coefficient (Wildman–Crippen LogP) is 2.88. The molecule has 0 fully saturated rings. The van der Waals surface area contributed by atoms with Crippen LogP contribution in [0.4, 0.5) is 0 Å². The first kappa shape index (κ1) is 21.2. The molecule has 6 nitrogen and oxygen atoms in total. The minimum atomic E-state index is -0.227. The maximum absolute atomic E-state index is 13.2. The standard InChI is InChI=1S/C23H31N3O3/c1-23(2,3)15-9-10-19-17(13-15)21(16-7-5-6-8-18(16)26-19)22(28)25-14-20(27)24-11-12-29-4/h5-8,15H,9-14H2,1-4H3,(H,24,27)(H,25,28). The van der Waals surface area contributed by atoms with Crippen LogP contribution in [0.3, 0.4) is 0 Å². The van der Waals surface area contributed by atoms with Gasteiger partial charge in [0.2, 0.25) is 5.91 Å². The topological polar surface area (TPSA) is 80.3 Å². The van der Waals surface area contributed by atoms with Crippen LogP contribution >= 0.6 is 0 Å². The molecule has 1 aliphatic rings. The predicted molar refractivity (Wildman–Crippen MR) is 114 cm³/mol. The summed E-state index contributed by atoms with van der Waals surface area (Å²) < 4.78 is 4.93. The molecule has 0 spiro atoms. The zero-order valence-electron chi connectivity index (χ0n) is 17.8. The molecule has 0 bridgehead atoms. The highest BCUT2D eigenvalue weighted by molar-refractivity contribution is 6.08. The van der Waals surface area contributed by atoms with Crippen LogP contribution in [0.15, 0.2) is 24.3 Å². The fourth-order valence-electron chi connectivity index (χ4n) is 3.99. The number of amides is 2. The normalized spacial score (nSPS) is 16.3. The zero-order valence-corrected chi connectivity index (χ0v) is 17.8. The van der Waals surface area contributed by atoms with Crippen LogP contribution in [0, 0.1) is 11.3 Å². The number of para-hydroxylation sites is 1. The van der Waals surface area contributed by atoms with Crippen molar-refractivity contribution in [2.24, 2.45) is 11.3 Å². The Hall–Kier alpha value is -2.47. The van der Waals surface area contributed by atoms with Gasteiger partial charge in [-0.15, -0.1) is 0 Å². The fraction of sp³-hybridized carbons (Fsp3) is 0.522. The van der Waals surface area contributed by atoms with Gasteiger partial charge < -0.3 is 15.4 Å². The van der Waals surface area contributed by atoms with Crippen molar-refractivity contribution in [1.29, 1.82) is 0 Å². The van der Waals surface area contributed by atoms with Crippen LogP contribution in [0.5, 0.6) is 0 Å². The summed E-state index contributed by atoms with van der Waals surface area (Å²) in [6.45, 7) is 7.56. The van der Waals surface area contributed by atoms with Crippen LogP contribution < -0.4 is 10.6 Å². The maximum Gasteiger partial charge on any atom is 0.252 e. The lowest BCUT2D eigenvalue weighted by molar-refractivity contribution is -0.120. The molecule has 0 radical (unpaired) electrons. The molecule has 6 heteroatoms. The van der Waals surface area contributed by atoms with E-state index < -0.39 is 0 Å². The molecule has 1 heterocycles. The van der Waals surface area contributed by atoms with Gasteiger partial charge >= 0.3 is 0 Å². The lowest BCUT2D eigenvalue weighted by Gasteiger charge is -2.35. The molecule has 1 unspecified atom stereocenters. The lowest BCUT2D eigenvalue weighted by Crippen LogP contribution is -2.39. The molecule has 0 saturated heterocycles. The third-order valence-corrected chi connectivity index (χ3v) is 5.75. The van der Waals surface area contributed by atoms with Crippen LogP contribution in [-0.2, 0) is 22.4 Å². The van der Waals surface area contributed by atoms with Crippen molar-refractivity contribution in [1.82, 2.24) is 15.6 Å². The van der Waals surface area contributed by atoms with E-state index in [1.54, 1.807) is 7.11 Å². The minimum Gasteiger partial charge on any atom is -0.383 e. The molecule has 29 heavy (non-hydrogen) atoms. The van der Waals surface area contributed by atoms with E-state index in [1.807, 2.05) is 24.3 Å². The van der Waals surface area contributed by atoms with Gasteiger partial charge in [-0.05, 0) is 42.2 Å². The number of rotatable bonds is 6. The number of nitrogens with one attached hydrogen (secondary N) is 2. The second-order valence-electron chi connectivity index (χ2n) is 8.76. The quantitative estimate of drug-likeness (QED) is 0.735. The number of aryl methyl sites for hydroxylation is 1. The van der Waals surface area contributed by atoms with Gasteiger partial charge in [-0.25, -0.2) is 0 Å². The molecular weight excluding hydrogens is 366 g/mol. The Morgan fingerprint density at radius 3 is 2.69 bits per heavy atom. The van der Waals surface area contributed by atoms with Gasteiger partial charge in [0.05, 0.1) is 24.2 Å². The highest BCUT2D eigenvalue weighted by Gasteiger charge is 2.32. The van der Waals surface area contributed by atoms with Crippen LogP contribution in [0.2, 0.25) is 0 Å². The summed E-state index contributed by atoms with van der Waals surface area (Å²) >= 11 is 0. The van der Waals surface area contributed by atoms with Gasteiger partial charge in [-0.1, -0.05) is 39.0 Å². The van der Waals surface area contributed by atoms with E-state index in [0.717, 1.165) is 41.4 Å². The number of carbonyl (C=O) groups is 2. The first-order valence-corrected chi connectivity index (χ1v) is 10.3. The molecular formula is C23H31N3O3. The van der Waals surface area contributed by atoms with E-state index in [-0.39, 0.29) is 23.8 Å². The summed E-state index contributed by atoms with van der Waals surface area (Å²) in [7, 11) is 1.58. The van der Waals surface area contributed by atoms with E-state index in [0.29, 0.717) is 24.6 Å². The van der Waals surface area contributed by atoms with Crippen LogP contribution in [-0.4, -0.2) is 43.6 Å². The van der Waals surface area contributed by atoms with E-state index in [4.69, 9.17) is 9.72 Å². The smallest absolute Gasteiger partial charge is 0.252 e. The molecule has 1 aliphatic carbocycles. The Balaban J connectivity index is 1.89. The third kappa shape index (κ3) is 4.93. The number of benzene rings is 1. The Kier molecular flexibility index (Phi) is 6.52. The van der Waals surface area contributed by atoms with Gasteiger partial charge in [0.1, 0.15) is 0 Å². The summed E-state index contributed by atoms with van der Waals surface area (Å²) in [6.07, 6.45) is 2.78. The lowest BCUT2D eigenvalue weighted by atomic mass is 9.70. The Labute approximate surface area is 172 Å². The summed E-state index contributed by atoms with van der Waals surface area (Å²) in [4.78, 5) is 30.0. The molecule has 0 saturated carbocycles. The number of fused-ring (bicyclic) bond motifs is 2. The van der Waals surface area contributed by atoms with Crippen molar-refractivity contribution in [3.05, 3.63) is 41.1 Å². The Morgan fingerprint density at radius 1 is 1.21 bits per heavy atom. The number of carbonyl (C=O) groups excluding carboxylic acids is 2. The summed E-state index contributed by atoms with van der Waals surface area (Å²) in [6, 6.07) is 7.75. The van der Waals surface area contributed by atoms with Crippen molar-refractivity contribution in [3.63, 3.8) is 0 Å². The number of ether oxygens (including phenoxy) is 1. The summed E-state index contributed by atoms with van der Waals surface area (Å²) in [5.74, 6) is 0.0494. The minimum absolute atomic E-state index is 0.0589. The van der Waals surface area contributed by atoms with E-state index in [2.05, 4.69) is 31.4 Å². The molecule has 2 N–H and O–H groups in total. The first-order valence-electron chi connectivity index (χ1n) is 10.3. The first-order chi connectivity index (χ1) is 13.8. The second kappa shape index (κ2) is 8.91. The van der Waals surface area contributed by atoms with Gasteiger partial charge in [0.25, 0.3) is 5.91 Å². The van der Waals surface area contributed by atoms with E-state index in [9.17, 15) is 9.59 Å². The van der Waals surface area contributed by atoms with E-state index >= 15 is 0 Å². The Bertz CT molecular complexity index is 902. The second-order valence-corrected chi connectivity index (χ2v) is 8.76. The fourth-order valence-corrected chi connectivity index (χ4v) is 3.99. The number of hydrogen-bond acceptors (Lipinski definition) is 4. The molecule has 156 valence electrons. The largest absolute Gasteiger partial charge is 0.383 e. The van der Waals surface area contributed by atoms with Crippen molar-refractivity contribution in [2.45, 2.75) is 40.0 Å². The summed E-state index contributed by atoms with van der Waals surface area (Å²) in [5.41, 5.74) is 3.71. The molecule has 2 aromatic rings. The maximum atomic E-state index is 13.2. The Morgan fingerprint density at radius 2 is 1.97 bits per heavy atom. The van der Waals surface area contributed by atoms with Gasteiger partial charge in [-0.2, -0.15) is 0 Å². The van der Waals surface area contributed by atoms with Crippen molar-refractivity contribution in [2.75, 3.05) is 26.8 Å². The van der Waals surface area contributed by atoms with Crippen molar-refractivity contribution in [3.8, 4) is 0 Å². The molecule has 3 rings (SSSR count).